The van der Waals surface area contributed by atoms with Gasteiger partial charge in [-0.25, -0.2) is 0 Å². The summed E-state index contributed by atoms with van der Waals surface area (Å²) in [6.07, 6.45) is 5.57. The molecule has 1 fully saturated rings. The minimum absolute atomic E-state index is 0.0491. The minimum Gasteiger partial charge on any atom is -0.467 e. The molecule has 3 heterocycles. The first-order valence-electron chi connectivity index (χ1n) is 6.96. The molecule has 0 amide bonds. The van der Waals surface area contributed by atoms with E-state index in [9.17, 15) is 0 Å². The summed E-state index contributed by atoms with van der Waals surface area (Å²) in [6.45, 7) is 1.71. The van der Waals surface area contributed by atoms with E-state index in [4.69, 9.17) is 20.8 Å². The molecule has 1 saturated heterocycles. The molecule has 2 aromatic rings. The number of nitrogens with one attached hydrogen (secondary N) is 1. The predicted molar refractivity (Wildman–Crippen MR) is 81.5 cm³/mol. The zero-order valence-electron chi connectivity index (χ0n) is 11.2. The quantitative estimate of drug-likeness (QED) is 0.896. The average Bonchev–Trinajstić information content (AvgIpc) is 3.13. The van der Waals surface area contributed by atoms with Crippen LogP contribution in [0.2, 0.25) is 4.34 Å². The second-order valence-corrected chi connectivity index (χ2v) is 6.73. The van der Waals surface area contributed by atoms with Gasteiger partial charge in [0.2, 0.25) is 0 Å². The summed E-state index contributed by atoms with van der Waals surface area (Å²) < 4.78 is 12.1. The second-order valence-electron chi connectivity index (χ2n) is 4.99. The van der Waals surface area contributed by atoms with Crippen LogP contribution in [0.3, 0.4) is 0 Å². The van der Waals surface area contributed by atoms with Crippen molar-refractivity contribution in [1.29, 1.82) is 0 Å². The third-order valence-corrected chi connectivity index (χ3v) is 4.83. The van der Waals surface area contributed by atoms with E-state index >= 15 is 0 Å². The van der Waals surface area contributed by atoms with Crippen molar-refractivity contribution < 1.29 is 9.15 Å². The Labute approximate surface area is 127 Å². The van der Waals surface area contributed by atoms with E-state index < -0.39 is 0 Å². The zero-order valence-corrected chi connectivity index (χ0v) is 12.8. The van der Waals surface area contributed by atoms with Crippen LogP contribution in [0.25, 0.3) is 0 Å². The molecule has 2 atom stereocenters. The van der Waals surface area contributed by atoms with Gasteiger partial charge in [-0.3, -0.25) is 0 Å². The van der Waals surface area contributed by atoms with Crippen molar-refractivity contribution in [1.82, 2.24) is 5.32 Å². The first kappa shape index (κ1) is 14.1. The lowest BCUT2D eigenvalue weighted by atomic mass is 10.1. The van der Waals surface area contributed by atoms with Crippen LogP contribution in [-0.2, 0) is 4.74 Å². The Bertz CT molecular complexity index is 520. The minimum atomic E-state index is 0.0491. The third-order valence-electron chi connectivity index (χ3n) is 3.53. The van der Waals surface area contributed by atoms with Crippen LogP contribution in [0.1, 0.15) is 35.9 Å². The molecule has 0 aliphatic carbocycles. The van der Waals surface area contributed by atoms with Crippen molar-refractivity contribution >= 4 is 22.9 Å². The highest BCUT2D eigenvalue weighted by Crippen LogP contribution is 2.31. The summed E-state index contributed by atoms with van der Waals surface area (Å²) >= 11 is 7.63. The largest absolute Gasteiger partial charge is 0.467 e. The molecule has 0 spiro atoms. The number of ether oxygens (including phenoxy) is 1. The fourth-order valence-electron chi connectivity index (χ4n) is 2.50. The second kappa shape index (κ2) is 6.76. The van der Waals surface area contributed by atoms with Crippen LogP contribution < -0.4 is 5.32 Å². The van der Waals surface area contributed by atoms with E-state index in [1.54, 1.807) is 17.6 Å². The molecule has 0 radical (unpaired) electrons. The predicted octanol–water partition coefficient (Wildman–Crippen LogP) is 4.24. The highest BCUT2D eigenvalue weighted by atomic mass is 35.5. The lowest BCUT2D eigenvalue weighted by Gasteiger charge is -2.25. The smallest absolute Gasteiger partial charge is 0.126 e. The van der Waals surface area contributed by atoms with Gasteiger partial charge in [-0.05, 0) is 43.5 Å². The van der Waals surface area contributed by atoms with Gasteiger partial charge in [-0.1, -0.05) is 11.6 Å². The van der Waals surface area contributed by atoms with E-state index in [1.807, 2.05) is 18.2 Å². The first-order valence-corrected chi connectivity index (χ1v) is 8.16. The van der Waals surface area contributed by atoms with Gasteiger partial charge < -0.3 is 14.5 Å². The molecule has 2 aromatic heterocycles. The van der Waals surface area contributed by atoms with Crippen LogP contribution in [-0.4, -0.2) is 19.3 Å². The van der Waals surface area contributed by atoms with Gasteiger partial charge in [0.25, 0.3) is 0 Å². The Hall–Kier alpha value is -0.810. The van der Waals surface area contributed by atoms with Crippen molar-refractivity contribution in [3.63, 3.8) is 0 Å². The molecule has 3 rings (SSSR count). The summed E-state index contributed by atoms with van der Waals surface area (Å²) in [6, 6.07) is 7.93. The summed E-state index contributed by atoms with van der Waals surface area (Å²) in [7, 11) is 0. The molecule has 3 nitrogen and oxygen atoms in total. The first-order chi connectivity index (χ1) is 9.83. The van der Waals surface area contributed by atoms with Crippen molar-refractivity contribution in [3.05, 3.63) is 45.5 Å². The van der Waals surface area contributed by atoms with Crippen LogP contribution in [0.4, 0.5) is 0 Å². The van der Waals surface area contributed by atoms with E-state index in [1.165, 1.54) is 17.7 Å². The zero-order chi connectivity index (χ0) is 13.8. The number of furan rings is 1. The fraction of sp³-hybridized carbons (Fsp3) is 0.467. The molecule has 1 N–H and O–H groups in total. The van der Waals surface area contributed by atoms with Crippen LogP contribution >= 0.6 is 22.9 Å². The Kier molecular flexibility index (Phi) is 4.78. The number of hydrogen-bond acceptors (Lipinski definition) is 4. The highest BCUT2D eigenvalue weighted by molar-refractivity contribution is 7.16. The maximum Gasteiger partial charge on any atom is 0.126 e. The molecule has 5 heteroatoms. The number of hydrogen-bond donors (Lipinski definition) is 1. The van der Waals surface area contributed by atoms with Gasteiger partial charge in [0, 0.05) is 18.0 Å². The molecule has 0 aromatic carbocycles. The average molecular weight is 312 g/mol. The van der Waals surface area contributed by atoms with Crippen molar-refractivity contribution in [2.45, 2.75) is 31.4 Å². The Balaban J connectivity index is 1.69. The van der Waals surface area contributed by atoms with E-state index in [2.05, 4.69) is 11.4 Å². The van der Waals surface area contributed by atoms with Crippen molar-refractivity contribution in [2.75, 3.05) is 13.2 Å². The number of rotatable bonds is 5. The monoisotopic (exact) mass is 311 g/mol. The molecular formula is C15H18ClNO2S. The molecule has 0 saturated carbocycles. The van der Waals surface area contributed by atoms with Gasteiger partial charge in [-0.15, -0.1) is 11.3 Å². The molecule has 1 aliphatic rings. The maximum atomic E-state index is 6.05. The molecular weight excluding hydrogens is 294 g/mol. The lowest BCUT2D eigenvalue weighted by molar-refractivity contribution is 0.0157. The van der Waals surface area contributed by atoms with E-state index in [0.717, 1.165) is 29.7 Å². The third kappa shape index (κ3) is 3.44. The fourth-order valence-corrected chi connectivity index (χ4v) is 3.64. The van der Waals surface area contributed by atoms with Crippen LogP contribution in [0, 0.1) is 0 Å². The summed E-state index contributed by atoms with van der Waals surface area (Å²) in [5.74, 6) is 0.916. The Morgan fingerprint density at radius 1 is 1.35 bits per heavy atom. The Morgan fingerprint density at radius 2 is 2.30 bits per heavy atom. The lowest BCUT2D eigenvalue weighted by Crippen LogP contribution is -2.34. The number of halogens is 1. The van der Waals surface area contributed by atoms with Gasteiger partial charge in [-0.2, -0.15) is 0 Å². The number of thiophene rings is 1. The normalized spacial score (nSPS) is 20.9. The van der Waals surface area contributed by atoms with Gasteiger partial charge in [0.05, 0.1) is 16.7 Å². The summed E-state index contributed by atoms with van der Waals surface area (Å²) in [5.41, 5.74) is 0. The van der Waals surface area contributed by atoms with E-state index in [-0.39, 0.29) is 6.04 Å². The topological polar surface area (TPSA) is 34.4 Å². The van der Waals surface area contributed by atoms with Gasteiger partial charge in [0.1, 0.15) is 11.8 Å². The van der Waals surface area contributed by atoms with Crippen LogP contribution in [0.5, 0.6) is 0 Å². The van der Waals surface area contributed by atoms with Crippen molar-refractivity contribution in [3.8, 4) is 0 Å². The molecule has 0 bridgehead atoms. The summed E-state index contributed by atoms with van der Waals surface area (Å²) in [4.78, 5) is 1.17. The standard InChI is InChI=1S/C15H18ClNO2S/c16-14-7-6-13(20-14)15(12-5-3-9-19-12)17-10-11-4-1-2-8-18-11/h3,5-7,9,11,15,17H,1-2,4,8,10H2. The molecule has 1 aliphatic heterocycles. The summed E-state index contributed by atoms with van der Waals surface area (Å²) in [5, 5.41) is 3.55. The molecule has 20 heavy (non-hydrogen) atoms. The highest BCUT2D eigenvalue weighted by Gasteiger charge is 2.21. The molecule has 108 valence electrons. The SMILES string of the molecule is Clc1ccc(C(NCC2CCCCO2)c2ccco2)s1. The van der Waals surface area contributed by atoms with Crippen LogP contribution in [0.15, 0.2) is 34.9 Å². The maximum absolute atomic E-state index is 6.05. The van der Waals surface area contributed by atoms with Gasteiger partial charge in [0.15, 0.2) is 0 Å². The molecule has 2 unspecified atom stereocenters. The van der Waals surface area contributed by atoms with Gasteiger partial charge >= 0.3 is 0 Å². The Morgan fingerprint density at radius 3 is 2.95 bits per heavy atom. The van der Waals surface area contributed by atoms with E-state index in [0.29, 0.717) is 6.10 Å². The van der Waals surface area contributed by atoms with Crippen molar-refractivity contribution in [2.24, 2.45) is 0 Å².